The van der Waals surface area contributed by atoms with Crippen LogP contribution in [0.4, 0.5) is 0 Å². The summed E-state index contributed by atoms with van der Waals surface area (Å²) in [5.74, 6) is 1.82. The first-order valence-corrected chi connectivity index (χ1v) is 7.76. The first-order chi connectivity index (χ1) is 10.7. The van der Waals surface area contributed by atoms with Gasteiger partial charge < -0.3 is 18.8 Å². The van der Waals surface area contributed by atoms with Crippen LogP contribution in [0.25, 0.3) is 11.5 Å². The normalized spacial score (nSPS) is 15.2. The number of likely N-dealkylation sites (tertiary alicyclic amines) is 1. The van der Waals surface area contributed by atoms with Crippen molar-refractivity contribution in [3.63, 3.8) is 0 Å². The lowest BCUT2D eigenvalue weighted by Crippen LogP contribution is -3.09. The molecule has 0 radical (unpaired) electrons. The van der Waals surface area contributed by atoms with Gasteiger partial charge in [-0.25, -0.2) is 0 Å². The van der Waals surface area contributed by atoms with Gasteiger partial charge in [0.15, 0.2) is 18.2 Å². The zero-order valence-electron chi connectivity index (χ0n) is 12.8. The molecule has 2 aromatic rings. The summed E-state index contributed by atoms with van der Waals surface area (Å²) in [5, 5.41) is 4.50. The summed E-state index contributed by atoms with van der Waals surface area (Å²) in [5.41, 5.74) is 0.818. The van der Waals surface area contributed by atoms with E-state index in [-0.39, 0.29) is 0 Å². The molecule has 0 spiro atoms. The van der Waals surface area contributed by atoms with Crippen LogP contribution in [0.1, 0.15) is 12.8 Å². The van der Waals surface area contributed by atoms with Crippen molar-refractivity contribution < 1.29 is 18.8 Å². The molecule has 22 heavy (non-hydrogen) atoms. The molecule has 0 atom stereocenters. The molecule has 0 amide bonds. The molecule has 3 rings (SSSR count). The maximum absolute atomic E-state index is 5.64. The Hall–Kier alpha value is -1.86. The highest BCUT2D eigenvalue weighted by atomic mass is 32.1. The zero-order valence-corrected chi connectivity index (χ0v) is 13.6. The molecular formula is C15H20N3O3S+. The van der Waals surface area contributed by atoms with E-state index >= 15 is 0 Å². The van der Waals surface area contributed by atoms with E-state index in [1.807, 2.05) is 18.2 Å². The lowest BCUT2D eigenvalue weighted by molar-refractivity contribution is -0.911. The number of nitrogens with one attached hydrogen (secondary N) is 1. The van der Waals surface area contributed by atoms with E-state index in [9.17, 15) is 0 Å². The number of benzene rings is 1. The molecule has 1 fully saturated rings. The molecule has 1 aromatic heterocycles. The van der Waals surface area contributed by atoms with Gasteiger partial charge in [-0.15, -0.1) is 5.10 Å². The molecule has 2 heterocycles. The number of nitrogens with zero attached hydrogens (tertiary/aromatic N) is 2. The van der Waals surface area contributed by atoms with Crippen LogP contribution in [0.3, 0.4) is 0 Å². The Morgan fingerprint density at radius 2 is 1.95 bits per heavy atom. The van der Waals surface area contributed by atoms with Crippen LogP contribution in [-0.2, 0) is 6.67 Å². The highest BCUT2D eigenvalue weighted by Crippen LogP contribution is 2.31. The molecular weight excluding hydrogens is 302 g/mol. The number of hydrogen-bond donors (Lipinski definition) is 1. The third-order valence-corrected chi connectivity index (χ3v) is 4.21. The minimum Gasteiger partial charge on any atom is -0.493 e. The van der Waals surface area contributed by atoms with Crippen molar-refractivity contribution in [1.29, 1.82) is 0 Å². The molecule has 1 saturated heterocycles. The van der Waals surface area contributed by atoms with Crippen LogP contribution in [0.2, 0.25) is 0 Å². The summed E-state index contributed by atoms with van der Waals surface area (Å²) in [7, 11) is 3.21. The van der Waals surface area contributed by atoms with Crippen molar-refractivity contribution in [2.45, 2.75) is 19.5 Å². The van der Waals surface area contributed by atoms with Crippen LogP contribution in [-0.4, -0.2) is 37.1 Å². The van der Waals surface area contributed by atoms with E-state index in [4.69, 9.17) is 26.1 Å². The molecule has 1 N–H and O–H groups in total. The van der Waals surface area contributed by atoms with Crippen LogP contribution in [0.5, 0.6) is 11.5 Å². The van der Waals surface area contributed by atoms with Gasteiger partial charge in [-0.1, -0.05) is 0 Å². The molecule has 0 saturated carbocycles. The molecule has 0 aliphatic carbocycles. The van der Waals surface area contributed by atoms with E-state index in [0.717, 1.165) is 12.2 Å². The summed E-state index contributed by atoms with van der Waals surface area (Å²) >= 11 is 5.28. The predicted octanol–water partition coefficient (Wildman–Crippen LogP) is 1.53. The van der Waals surface area contributed by atoms with Crippen molar-refractivity contribution in [2.24, 2.45) is 0 Å². The zero-order chi connectivity index (χ0) is 15.5. The Balaban J connectivity index is 1.87. The van der Waals surface area contributed by atoms with E-state index in [1.54, 1.807) is 18.9 Å². The lowest BCUT2D eigenvalue weighted by Gasteiger charge is -2.10. The Labute approximate surface area is 134 Å². The Morgan fingerprint density at radius 3 is 2.64 bits per heavy atom. The van der Waals surface area contributed by atoms with Crippen LogP contribution in [0.15, 0.2) is 22.6 Å². The van der Waals surface area contributed by atoms with Crippen molar-refractivity contribution in [2.75, 3.05) is 27.3 Å². The molecule has 118 valence electrons. The number of aromatic nitrogens is 2. The number of quaternary nitrogens is 1. The van der Waals surface area contributed by atoms with Crippen molar-refractivity contribution >= 4 is 12.2 Å². The molecule has 1 aliphatic rings. The number of hydrogen-bond acceptors (Lipinski definition) is 5. The van der Waals surface area contributed by atoms with Gasteiger partial charge in [0.1, 0.15) is 0 Å². The average molecular weight is 322 g/mol. The minimum atomic E-state index is 0.407. The summed E-state index contributed by atoms with van der Waals surface area (Å²) in [6.07, 6.45) is 2.53. The van der Waals surface area contributed by atoms with Gasteiger partial charge in [0, 0.05) is 18.4 Å². The van der Waals surface area contributed by atoms with E-state index in [0.29, 0.717) is 22.2 Å². The van der Waals surface area contributed by atoms with Gasteiger partial charge >= 0.3 is 0 Å². The van der Waals surface area contributed by atoms with E-state index < -0.39 is 0 Å². The molecule has 7 heteroatoms. The second-order valence-electron chi connectivity index (χ2n) is 5.36. The van der Waals surface area contributed by atoms with Gasteiger partial charge in [0.05, 0.1) is 27.3 Å². The summed E-state index contributed by atoms with van der Waals surface area (Å²) < 4.78 is 18.0. The fraction of sp³-hybridized carbons (Fsp3) is 0.467. The van der Waals surface area contributed by atoms with Crippen LogP contribution < -0.4 is 14.4 Å². The Kier molecular flexibility index (Phi) is 4.44. The summed E-state index contributed by atoms with van der Waals surface area (Å²) in [6, 6.07) is 5.55. The fourth-order valence-electron chi connectivity index (χ4n) is 2.74. The van der Waals surface area contributed by atoms with Gasteiger partial charge in [-0.05, 0) is 30.4 Å². The van der Waals surface area contributed by atoms with E-state index in [2.05, 4.69) is 5.10 Å². The van der Waals surface area contributed by atoms with Gasteiger partial charge in [0.2, 0.25) is 5.89 Å². The number of ether oxygens (including phenoxy) is 2. The van der Waals surface area contributed by atoms with Crippen molar-refractivity contribution in [1.82, 2.24) is 9.78 Å². The molecule has 1 aromatic carbocycles. The molecule has 1 aliphatic heterocycles. The minimum absolute atomic E-state index is 0.407. The topological polar surface area (TPSA) is 53.9 Å². The second-order valence-corrected chi connectivity index (χ2v) is 5.71. The number of methoxy groups -OCH3 is 2. The third-order valence-electron chi connectivity index (χ3n) is 3.92. The monoisotopic (exact) mass is 322 g/mol. The average Bonchev–Trinajstić information content (AvgIpc) is 3.17. The highest BCUT2D eigenvalue weighted by molar-refractivity contribution is 7.71. The second kappa shape index (κ2) is 6.50. The fourth-order valence-corrected chi connectivity index (χ4v) is 2.92. The maximum Gasteiger partial charge on any atom is 0.292 e. The van der Waals surface area contributed by atoms with Crippen molar-refractivity contribution in [3.05, 3.63) is 23.0 Å². The molecule has 0 unspecified atom stereocenters. The Bertz CT molecular complexity index is 704. The summed E-state index contributed by atoms with van der Waals surface area (Å²) in [4.78, 5) is 1.90. The highest BCUT2D eigenvalue weighted by Gasteiger charge is 2.18. The van der Waals surface area contributed by atoms with Gasteiger partial charge in [0.25, 0.3) is 4.84 Å². The lowest BCUT2D eigenvalue weighted by atomic mass is 10.2. The maximum atomic E-state index is 5.64. The standard InChI is InChI=1S/C15H19N3O3S/c1-19-12-6-5-11(9-13(12)20-2)14-16-18(15(22)21-14)10-17-7-3-4-8-17/h5-6,9H,3-4,7-8,10H2,1-2H3/p+1. The van der Waals surface area contributed by atoms with Crippen LogP contribution in [0, 0.1) is 4.84 Å². The first-order valence-electron chi connectivity index (χ1n) is 7.35. The van der Waals surface area contributed by atoms with Gasteiger partial charge in [-0.2, -0.15) is 4.68 Å². The predicted molar refractivity (Wildman–Crippen MR) is 83.8 cm³/mol. The van der Waals surface area contributed by atoms with Crippen molar-refractivity contribution in [3.8, 4) is 23.0 Å². The van der Waals surface area contributed by atoms with E-state index in [1.165, 1.54) is 30.8 Å². The smallest absolute Gasteiger partial charge is 0.292 e. The Morgan fingerprint density at radius 1 is 1.23 bits per heavy atom. The first kappa shape index (κ1) is 15.1. The van der Waals surface area contributed by atoms with Gasteiger partial charge in [-0.3, -0.25) is 0 Å². The molecule has 0 bridgehead atoms. The van der Waals surface area contributed by atoms with Crippen LogP contribution >= 0.6 is 12.2 Å². The SMILES string of the molecule is COc1ccc(-c2nn(C[NH+]3CCCC3)c(=S)o2)cc1OC. The molecule has 6 nitrogen and oxygen atoms in total. The largest absolute Gasteiger partial charge is 0.493 e. The summed E-state index contributed by atoms with van der Waals surface area (Å²) in [6.45, 7) is 3.09. The third kappa shape index (κ3) is 3.00. The quantitative estimate of drug-likeness (QED) is 0.846. The number of rotatable bonds is 5.